The Morgan fingerprint density at radius 1 is 0.958 bits per heavy atom. The number of carbonyl (C=O) groups is 1. The molecule has 0 fully saturated rings. The van der Waals surface area contributed by atoms with Gasteiger partial charge in [-0.3, -0.25) is 4.79 Å². The molecular formula is C19H18N4O. The third-order valence-corrected chi connectivity index (χ3v) is 3.58. The lowest BCUT2D eigenvalue weighted by molar-refractivity contribution is 0.102. The van der Waals surface area contributed by atoms with Gasteiger partial charge in [-0.15, -0.1) is 0 Å². The quantitative estimate of drug-likeness (QED) is 0.760. The Labute approximate surface area is 140 Å². The Bertz CT molecular complexity index is 877. The molecule has 24 heavy (non-hydrogen) atoms. The molecule has 0 bridgehead atoms. The van der Waals surface area contributed by atoms with E-state index in [-0.39, 0.29) is 5.91 Å². The van der Waals surface area contributed by atoms with E-state index in [0.29, 0.717) is 11.5 Å². The summed E-state index contributed by atoms with van der Waals surface area (Å²) in [6, 6.07) is 17.2. The molecule has 0 spiro atoms. The molecular weight excluding hydrogens is 300 g/mol. The van der Waals surface area contributed by atoms with Gasteiger partial charge in [-0.1, -0.05) is 30.3 Å². The second kappa shape index (κ2) is 6.91. The van der Waals surface area contributed by atoms with Crippen LogP contribution in [0.15, 0.2) is 60.9 Å². The fourth-order valence-corrected chi connectivity index (χ4v) is 2.32. The highest BCUT2D eigenvalue weighted by Crippen LogP contribution is 2.19. The monoisotopic (exact) mass is 318 g/mol. The van der Waals surface area contributed by atoms with Gasteiger partial charge in [0, 0.05) is 17.4 Å². The number of benzene rings is 2. The number of amides is 1. The number of para-hydroxylation sites is 1. The van der Waals surface area contributed by atoms with Gasteiger partial charge in [-0.2, -0.15) is 0 Å². The van der Waals surface area contributed by atoms with Gasteiger partial charge in [-0.25, -0.2) is 9.97 Å². The molecule has 2 N–H and O–H groups in total. The summed E-state index contributed by atoms with van der Waals surface area (Å²) in [6.45, 7) is 3.99. The molecule has 3 rings (SSSR count). The zero-order valence-electron chi connectivity index (χ0n) is 13.6. The first-order chi connectivity index (χ1) is 11.6. The second-order valence-corrected chi connectivity index (χ2v) is 5.55. The molecule has 0 aliphatic rings. The average molecular weight is 318 g/mol. The number of anilines is 3. The fourth-order valence-electron chi connectivity index (χ4n) is 2.32. The topological polar surface area (TPSA) is 66.9 Å². The highest BCUT2D eigenvalue weighted by molar-refractivity contribution is 6.03. The molecule has 5 heteroatoms. The summed E-state index contributed by atoms with van der Waals surface area (Å²) in [4.78, 5) is 20.6. The average Bonchev–Trinajstić information content (AvgIpc) is 2.57. The van der Waals surface area contributed by atoms with E-state index in [1.54, 1.807) is 6.07 Å². The molecule has 0 aliphatic heterocycles. The van der Waals surface area contributed by atoms with Crippen molar-refractivity contribution < 1.29 is 4.79 Å². The molecule has 2 aromatic carbocycles. The Morgan fingerprint density at radius 2 is 1.79 bits per heavy atom. The van der Waals surface area contributed by atoms with Crippen LogP contribution in [0.4, 0.5) is 17.2 Å². The van der Waals surface area contributed by atoms with Crippen LogP contribution in [0.2, 0.25) is 0 Å². The molecule has 1 heterocycles. The summed E-state index contributed by atoms with van der Waals surface area (Å²) in [7, 11) is 0. The van der Waals surface area contributed by atoms with Crippen molar-refractivity contribution >= 4 is 23.1 Å². The molecule has 1 amide bonds. The first-order valence-electron chi connectivity index (χ1n) is 7.64. The first kappa shape index (κ1) is 15.7. The lowest BCUT2D eigenvalue weighted by Crippen LogP contribution is -2.14. The molecule has 0 saturated carbocycles. The molecule has 1 aromatic heterocycles. The number of carbonyl (C=O) groups excluding carboxylic acids is 1. The third kappa shape index (κ3) is 3.76. The number of hydrogen-bond donors (Lipinski definition) is 2. The maximum atomic E-state index is 12.4. The van der Waals surface area contributed by atoms with Gasteiger partial charge in [0.05, 0.1) is 0 Å². The van der Waals surface area contributed by atoms with E-state index in [9.17, 15) is 4.79 Å². The zero-order valence-corrected chi connectivity index (χ0v) is 13.6. The fraction of sp³-hybridized carbons (Fsp3) is 0.105. The number of nitrogens with one attached hydrogen (secondary N) is 2. The van der Waals surface area contributed by atoms with Crippen molar-refractivity contribution in [2.24, 2.45) is 0 Å². The van der Waals surface area contributed by atoms with E-state index in [1.165, 1.54) is 6.33 Å². The lowest BCUT2D eigenvalue weighted by atomic mass is 10.2. The van der Waals surface area contributed by atoms with Crippen molar-refractivity contribution in [1.82, 2.24) is 9.97 Å². The van der Waals surface area contributed by atoms with E-state index in [0.717, 1.165) is 22.5 Å². The number of aryl methyl sites for hydroxylation is 2. The number of nitrogens with zero attached hydrogens (tertiary/aromatic N) is 2. The summed E-state index contributed by atoms with van der Waals surface area (Å²) in [5.41, 5.74) is 4.18. The van der Waals surface area contributed by atoms with Crippen molar-refractivity contribution in [2.75, 3.05) is 10.6 Å². The predicted molar refractivity (Wildman–Crippen MR) is 95.6 cm³/mol. The molecule has 5 nitrogen and oxygen atoms in total. The van der Waals surface area contributed by atoms with Gasteiger partial charge in [0.15, 0.2) is 0 Å². The standard InChI is InChI=1S/C19H18N4O/c1-13-6-5-8-15(10-13)22-19(24)17-11-18(21-12-20-17)23-16-9-4-3-7-14(16)2/h3-12H,1-2H3,(H,22,24)(H,20,21,23). The molecule has 0 radical (unpaired) electrons. The maximum absolute atomic E-state index is 12.4. The van der Waals surface area contributed by atoms with Crippen LogP contribution in [0.5, 0.6) is 0 Å². The summed E-state index contributed by atoms with van der Waals surface area (Å²) in [5, 5.41) is 6.05. The Kier molecular flexibility index (Phi) is 4.52. The highest BCUT2D eigenvalue weighted by atomic mass is 16.1. The van der Waals surface area contributed by atoms with E-state index < -0.39 is 0 Å². The highest BCUT2D eigenvalue weighted by Gasteiger charge is 2.10. The number of rotatable bonds is 4. The molecule has 120 valence electrons. The third-order valence-electron chi connectivity index (χ3n) is 3.58. The lowest BCUT2D eigenvalue weighted by Gasteiger charge is -2.09. The van der Waals surface area contributed by atoms with Crippen LogP contribution in [0, 0.1) is 13.8 Å². The maximum Gasteiger partial charge on any atom is 0.274 e. The second-order valence-electron chi connectivity index (χ2n) is 5.55. The largest absolute Gasteiger partial charge is 0.340 e. The van der Waals surface area contributed by atoms with Crippen LogP contribution in [-0.4, -0.2) is 15.9 Å². The Morgan fingerprint density at radius 3 is 2.58 bits per heavy atom. The van der Waals surface area contributed by atoms with Crippen molar-refractivity contribution in [2.45, 2.75) is 13.8 Å². The number of aromatic nitrogens is 2. The van der Waals surface area contributed by atoms with Crippen LogP contribution in [-0.2, 0) is 0 Å². The Balaban J connectivity index is 1.77. The summed E-state index contributed by atoms with van der Waals surface area (Å²) < 4.78 is 0. The van der Waals surface area contributed by atoms with Gasteiger partial charge in [0.1, 0.15) is 17.8 Å². The van der Waals surface area contributed by atoms with Gasteiger partial charge in [-0.05, 0) is 43.2 Å². The van der Waals surface area contributed by atoms with Gasteiger partial charge < -0.3 is 10.6 Å². The van der Waals surface area contributed by atoms with Gasteiger partial charge in [0.2, 0.25) is 0 Å². The van der Waals surface area contributed by atoms with Crippen LogP contribution in [0.1, 0.15) is 21.6 Å². The SMILES string of the molecule is Cc1cccc(NC(=O)c2cc(Nc3ccccc3C)ncn2)c1. The van der Waals surface area contributed by atoms with E-state index in [1.807, 2.05) is 62.4 Å². The summed E-state index contributed by atoms with van der Waals surface area (Å²) in [6.07, 6.45) is 1.38. The van der Waals surface area contributed by atoms with Crippen molar-refractivity contribution in [1.29, 1.82) is 0 Å². The van der Waals surface area contributed by atoms with E-state index >= 15 is 0 Å². The summed E-state index contributed by atoms with van der Waals surface area (Å²) >= 11 is 0. The Hall–Kier alpha value is -3.21. The van der Waals surface area contributed by atoms with Crippen molar-refractivity contribution in [3.05, 3.63) is 77.7 Å². The van der Waals surface area contributed by atoms with Crippen molar-refractivity contribution in [3.63, 3.8) is 0 Å². The van der Waals surface area contributed by atoms with Crippen LogP contribution < -0.4 is 10.6 Å². The molecule has 0 saturated heterocycles. The van der Waals surface area contributed by atoms with Crippen LogP contribution >= 0.6 is 0 Å². The van der Waals surface area contributed by atoms with Crippen LogP contribution in [0.25, 0.3) is 0 Å². The molecule has 0 unspecified atom stereocenters. The number of hydrogen-bond acceptors (Lipinski definition) is 4. The van der Waals surface area contributed by atoms with E-state index in [2.05, 4.69) is 20.6 Å². The minimum Gasteiger partial charge on any atom is -0.340 e. The molecule has 3 aromatic rings. The minimum absolute atomic E-state index is 0.268. The normalized spacial score (nSPS) is 10.2. The zero-order chi connectivity index (χ0) is 16.9. The smallest absolute Gasteiger partial charge is 0.274 e. The molecule has 0 atom stereocenters. The summed E-state index contributed by atoms with van der Waals surface area (Å²) in [5.74, 6) is 0.310. The first-order valence-corrected chi connectivity index (χ1v) is 7.64. The predicted octanol–water partition coefficient (Wildman–Crippen LogP) is 4.09. The van der Waals surface area contributed by atoms with Crippen LogP contribution in [0.3, 0.4) is 0 Å². The van der Waals surface area contributed by atoms with Crippen molar-refractivity contribution in [3.8, 4) is 0 Å². The molecule has 0 aliphatic carbocycles. The van der Waals surface area contributed by atoms with E-state index in [4.69, 9.17) is 0 Å². The van der Waals surface area contributed by atoms with Gasteiger partial charge in [0.25, 0.3) is 5.91 Å². The minimum atomic E-state index is -0.268. The van der Waals surface area contributed by atoms with Gasteiger partial charge >= 0.3 is 0 Å².